The Balaban J connectivity index is 2.68. The van der Waals surface area contributed by atoms with Gasteiger partial charge in [-0.1, -0.05) is 19.8 Å². The van der Waals surface area contributed by atoms with Crippen molar-refractivity contribution in [1.29, 1.82) is 0 Å². The van der Waals surface area contributed by atoms with Gasteiger partial charge in [0.15, 0.2) is 5.72 Å². The summed E-state index contributed by atoms with van der Waals surface area (Å²) in [6.45, 7) is 2.93. The van der Waals surface area contributed by atoms with Gasteiger partial charge in [0, 0.05) is 25.7 Å². The number of carboxylic acid groups (broad SMARTS) is 2. The number of aliphatic hydroxyl groups is 1. The maximum atomic E-state index is 11.6. The highest BCUT2D eigenvalue weighted by Crippen LogP contribution is 2.29. The highest BCUT2D eigenvalue weighted by Gasteiger charge is 2.40. The topological polar surface area (TPSA) is 187 Å². The lowest BCUT2D eigenvalue weighted by atomic mass is 9.99. The molecule has 1 rings (SSSR count). The van der Waals surface area contributed by atoms with E-state index in [1.807, 2.05) is 4.90 Å². The standard InChI is InChI=1S/C25H42N4O9/c1-4-5-8-14-25(36)20(26-15-9-6-11-18(21(30)31)27-23(34)37-2)13-17-29(25)16-10-7-12-19(22(32)33)28-24(35)38-3/h13,17-19,36H,4-12,14-16H2,1-3H3,(H,27,34)(H,28,35)(H,30,31)(H,32,33). The number of carbonyl (C=O) groups excluding carboxylic acids is 2. The number of aliphatic imine (C=N–C) groups is 1. The van der Waals surface area contributed by atoms with Crippen LogP contribution >= 0.6 is 0 Å². The smallest absolute Gasteiger partial charge is 0.407 e. The first-order valence-corrected chi connectivity index (χ1v) is 13.0. The van der Waals surface area contributed by atoms with Crippen LogP contribution in [0.1, 0.15) is 71.1 Å². The van der Waals surface area contributed by atoms with Crippen molar-refractivity contribution in [2.75, 3.05) is 27.3 Å². The van der Waals surface area contributed by atoms with Crippen LogP contribution in [-0.4, -0.2) is 95.2 Å². The number of rotatable bonds is 18. The molecule has 0 saturated carbocycles. The number of carboxylic acids is 2. The van der Waals surface area contributed by atoms with Crippen LogP contribution in [0.2, 0.25) is 0 Å². The number of hydrogen-bond acceptors (Lipinski definition) is 9. The van der Waals surface area contributed by atoms with E-state index < -0.39 is 41.9 Å². The summed E-state index contributed by atoms with van der Waals surface area (Å²) in [5, 5.41) is 34.7. The van der Waals surface area contributed by atoms with E-state index in [-0.39, 0.29) is 12.8 Å². The molecule has 1 aliphatic heterocycles. The second-order valence-corrected chi connectivity index (χ2v) is 9.09. The first kappa shape index (κ1) is 32.7. The number of amides is 2. The van der Waals surface area contributed by atoms with Crippen molar-refractivity contribution < 1.29 is 44.0 Å². The van der Waals surface area contributed by atoms with Gasteiger partial charge in [0.1, 0.15) is 12.1 Å². The van der Waals surface area contributed by atoms with Crippen LogP contribution in [0.3, 0.4) is 0 Å². The molecule has 0 aromatic heterocycles. The molecular weight excluding hydrogens is 500 g/mol. The van der Waals surface area contributed by atoms with Crippen molar-refractivity contribution in [3.05, 3.63) is 12.3 Å². The van der Waals surface area contributed by atoms with Crippen LogP contribution in [0, 0.1) is 0 Å². The fourth-order valence-electron chi connectivity index (χ4n) is 4.10. The third-order valence-electron chi connectivity index (χ3n) is 6.30. The van der Waals surface area contributed by atoms with Crippen molar-refractivity contribution in [1.82, 2.24) is 15.5 Å². The number of carbonyl (C=O) groups is 4. The maximum absolute atomic E-state index is 11.6. The summed E-state index contributed by atoms with van der Waals surface area (Å²) in [4.78, 5) is 51.7. The Morgan fingerprint density at radius 1 is 0.921 bits per heavy atom. The predicted molar refractivity (Wildman–Crippen MR) is 139 cm³/mol. The molecule has 0 saturated heterocycles. The minimum atomic E-state index is -1.28. The zero-order valence-corrected chi connectivity index (χ0v) is 22.5. The number of aliphatic carboxylic acids is 2. The molecule has 3 unspecified atom stereocenters. The molecule has 3 atom stereocenters. The van der Waals surface area contributed by atoms with Crippen molar-refractivity contribution >= 4 is 29.8 Å². The van der Waals surface area contributed by atoms with Gasteiger partial charge in [-0.2, -0.15) is 0 Å². The fourth-order valence-corrected chi connectivity index (χ4v) is 4.10. The summed E-state index contributed by atoms with van der Waals surface area (Å²) in [5.41, 5.74) is -0.742. The SMILES string of the molecule is CCCCCC1(O)C(=NCCCCC(NC(=O)OC)C(=O)O)C=CN1CCCCC(NC(=O)OC)C(=O)O. The maximum Gasteiger partial charge on any atom is 0.407 e. The van der Waals surface area contributed by atoms with Gasteiger partial charge in [-0.05, 0) is 51.0 Å². The average Bonchev–Trinajstić information content (AvgIpc) is 3.19. The van der Waals surface area contributed by atoms with Gasteiger partial charge in [0.25, 0.3) is 0 Å². The van der Waals surface area contributed by atoms with E-state index >= 15 is 0 Å². The Morgan fingerprint density at radius 3 is 1.97 bits per heavy atom. The summed E-state index contributed by atoms with van der Waals surface area (Å²) in [6.07, 6.45) is 7.78. The molecule has 1 aliphatic rings. The molecule has 38 heavy (non-hydrogen) atoms. The molecule has 0 aliphatic carbocycles. The molecular formula is C25H42N4O9. The Hall–Kier alpha value is -3.35. The minimum Gasteiger partial charge on any atom is -0.480 e. The number of hydrogen-bond donors (Lipinski definition) is 5. The number of alkyl carbamates (subject to hydrolysis) is 2. The van der Waals surface area contributed by atoms with E-state index in [1.165, 1.54) is 14.2 Å². The molecule has 0 radical (unpaired) electrons. The summed E-state index contributed by atoms with van der Waals surface area (Å²) in [7, 11) is 2.33. The predicted octanol–water partition coefficient (Wildman–Crippen LogP) is 2.48. The molecule has 0 aromatic rings. The van der Waals surface area contributed by atoms with Crippen molar-refractivity contribution in [3.8, 4) is 0 Å². The lowest BCUT2D eigenvalue weighted by Crippen LogP contribution is -2.48. The number of nitrogens with one attached hydrogen (secondary N) is 2. The van der Waals surface area contributed by atoms with Crippen LogP contribution in [-0.2, 0) is 19.1 Å². The van der Waals surface area contributed by atoms with Crippen molar-refractivity contribution in [3.63, 3.8) is 0 Å². The Bertz CT molecular complexity index is 849. The zero-order valence-electron chi connectivity index (χ0n) is 22.5. The number of unbranched alkanes of at least 4 members (excludes halogenated alkanes) is 4. The van der Waals surface area contributed by atoms with Crippen LogP contribution in [0.15, 0.2) is 17.3 Å². The van der Waals surface area contributed by atoms with Gasteiger partial charge in [0.2, 0.25) is 0 Å². The lowest BCUT2D eigenvalue weighted by molar-refractivity contribution is -0.140. The molecule has 0 bridgehead atoms. The zero-order chi connectivity index (χ0) is 28.6. The van der Waals surface area contributed by atoms with Gasteiger partial charge < -0.3 is 40.3 Å². The third-order valence-corrected chi connectivity index (χ3v) is 6.30. The summed E-state index contributed by atoms with van der Waals surface area (Å²) < 4.78 is 8.92. The largest absolute Gasteiger partial charge is 0.480 e. The summed E-state index contributed by atoms with van der Waals surface area (Å²) in [6, 6.07) is -2.10. The second-order valence-electron chi connectivity index (χ2n) is 9.09. The molecule has 13 heteroatoms. The van der Waals surface area contributed by atoms with Gasteiger partial charge >= 0.3 is 24.1 Å². The average molecular weight is 543 g/mol. The van der Waals surface area contributed by atoms with Crippen LogP contribution in [0.25, 0.3) is 0 Å². The van der Waals surface area contributed by atoms with Crippen molar-refractivity contribution in [2.45, 2.75) is 88.9 Å². The Morgan fingerprint density at radius 2 is 1.47 bits per heavy atom. The van der Waals surface area contributed by atoms with E-state index in [4.69, 9.17) is 0 Å². The second kappa shape index (κ2) is 17.2. The van der Waals surface area contributed by atoms with E-state index in [0.29, 0.717) is 50.9 Å². The van der Waals surface area contributed by atoms with Gasteiger partial charge in [-0.25, -0.2) is 19.2 Å². The highest BCUT2D eigenvalue weighted by molar-refractivity contribution is 6.03. The van der Waals surface area contributed by atoms with Gasteiger partial charge in [-0.15, -0.1) is 0 Å². The van der Waals surface area contributed by atoms with Crippen LogP contribution in [0.5, 0.6) is 0 Å². The van der Waals surface area contributed by atoms with E-state index in [0.717, 1.165) is 19.3 Å². The van der Waals surface area contributed by atoms with Gasteiger partial charge in [0.05, 0.1) is 19.9 Å². The Kier molecular flexibility index (Phi) is 14.8. The van der Waals surface area contributed by atoms with E-state index in [2.05, 4.69) is 32.0 Å². The van der Waals surface area contributed by atoms with E-state index in [1.54, 1.807) is 12.3 Å². The van der Waals surface area contributed by atoms with Crippen LogP contribution < -0.4 is 10.6 Å². The summed E-state index contributed by atoms with van der Waals surface area (Å²) in [5.74, 6) is -2.28. The molecule has 0 fully saturated rings. The monoisotopic (exact) mass is 542 g/mol. The summed E-state index contributed by atoms with van der Waals surface area (Å²) >= 11 is 0. The third kappa shape index (κ3) is 11.0. The molecule has 0 spiro atoms. The fraction of sp³-hybridized carbons (Fsp3) is 0.720. The molecule has 2 amide bonds. The van der Waals surface area contributed by atoms with Crippen LogP contribution in [0.4, 0.5) is 9.59 Å². The molecule has 5 N–H and O–H groups in total. The van der Waals surface area contributed by atoms with Crippen molar-refractivity contribution in [2.24, 2.45) is 4.99 Å². The Labute approximate surface area is 223 Å². The molecule has 216 valence electrons. The van der Waals surface area contributed by atoms with Gasteiger partial charge in [-0.3, -0.25) is 4.99 Å². The lowest BCUT2D eigenvalue weighted by Gasteiger charge is -2.35. The van der Waals surface area contributed by atoms with E-state index in [9.17, 15) is 34.5 Å². The number of ether oxygens (including phenoxy) is 2. The first-order valence-electron chi connectivity index (χ1n) is 13.0. The highest BCUT2D eigenvalue weighted by atomic mass is 16.5. The first-order chi connectivity index (χ1) is 18.1. The molecule has 1 heterocycles. The normalized spacial score (nSPS) is 19.2. The number of methoxy groups -OCH3 is 2. The molecule has 0 aromatic carbocycles. The quantitative estimate of drug-likeness (QED) is 0.161. The minimum absolute atomic E-state index is 0.222. The molecule has 13 nitrogen and oxygen atoms in total. The number of nitrogens with zero attached hydrogens (tertiary/aromatic N) is 2.